The van der Waals surface area contributed by atoms with Crippen molar-refractivity contribution in [3.05, 3.63) is 60.2 Å². The predicted molar refractivity (Wildman–Crippen MR) is 116 cm³/mol. The van der Waals surface area contributed by atoms with E-state index in [2.05, 4.69) is 46.1 Å². The van der Waals surface area contributed by atoms with Crippen LogP contribution in [0.5, 0.6) is 0 Å². The standard InChI is InChI=1S/C23H30N4O2/c1-2-9-22-21(8-1)18(16-26-22)10-12-24-23(25-13-11-19-7-5-15-28-19)27-17-20-6-3-4-14-29-20/h1-2,5,7-9,15-16,20,26H,3-4,6,10-14,17H2,(H2,24,25,27). The molecule has 3 heterocycles. The first-order valence-corrected chi connectivity index (χ1v) is 10.6. The van der Waals surface area contributed by atoms with Crippen LogP contribution in [0.4, 0.5) is 0 Å². The van der Waals surface area contributed by atoms with Crippen molar-refractivity contribution in [3.8, 4) is 0 Å². The number of hydrogen-bond acceptors (Lipinski definition) is 3. The van der Waals surface area contributed by atoms with E-state index in [-0.39, 0.29) is 6.10 Å². The van der Waals surface area contributed by atoms with Crippen LogP contribution < -0.4 is 10.6 Å². The highest BCUT2D eigenvalue weighted by molar-refractivity contribution is 5.83. The molecule has 1 atom stereocenters. The smallest absolute Gasteiger partial charge is 0.191 e. The number of H-pyrrole nitrogens is 1. The van der Waals surface area contributed by atoms with Crippen LogP contribution >= 0.6 is 0 Å². The second-order valence-corrected chi connectivity index (χ2v) is 7.47. The molecule has 1 unspecified atom stereocenters. The normalized spacial score (nSPS) is 17.5. The van der Waals surface area contributed by atoms with Crippen molar-refractivity contribution in [2.45, 2.75) is 38.2 Å². The summed E-state index contributed by atoms with van der Waals surface area (Å²) in [6.45, 7) is 3.15. The molecule has 29 heavy (non-hydrogen) atoms. The number of aromatic amines is 1. The third-order valence-corrected chi connectivity index (χ3v) is 5.33. The maximum atomic E-state index is 5.82. The number of benzene rings is 1. The molecule has 154 valence electrons. The molecule has 6 nitrogen and oxygen atoms in total. The first kappa shape index (κ1) is 19.6. The lowest BCUT2D eigenvalue weighted by molar-refractivity contribution is 0.0224. The van der Waals surface area contributed by atoms with Gasteiger partial charge in [-0.15, -0.1) is 0 Å². The summed E-state index contributed by atoms with van der Waals surface area (Å²) in [6, 6.07) is 12.3. The number of aromatic nitrogens is 1. The molecule has 1 aromatic carbocycles. The second-order valence-electron chi connectivity index (χ2n) is 7.47. The topological polar surface area (TPSA) is 74.6 Å². The number of guanidine groups is 1. The number of para-hydroxylation sites is 1. The lowest BCUT2D eigenvalue weighted by Crippen LogP contribution is -2.40. The summed E-state index contributed by atoms with van der Waals surface area (Å²) < 4.78 is 11.2. The lowest BCUT2D eigenvalue weighted by atomic mass is 10.1. The molecule has 1 aliphatic heterocycles. The second kappa shape index (κ2) is 10.2. The van der Waals surface area contributed by atoms with Gasteiger partial charge in [-0.3, -0.25) is 4.99 Å². The summed E-state index contributed by atoms with van der Waals surface area (Å²) in [6.07, 6.45) is 9.30. The molecule has 1 fully saturated rings. The van der Waals surface area contributed by atoms with Crippen LogP contribution in [0.2, 0.25) is 0 Å². The van der Waals surface area contributed by atoms with Gasteiger partial charge in [-0.05, 0) is 49.4 Å². The van der Waals surface area contributed by atoms with Crippen LogP contribution in [-0.4, -0.2) is 43.3 Å². The van der Waals surface area contributed by atoms with E-state index in [9.17, 15) is 0 Å². The maximum absolute atomic E-state index is 5.82. The molecule has 0 aliphatic carbocycles. The first-order valence-electron chi connectivity index (χ1n) is 10.6. The van der Waals surface area contributed by atoms with Gasteiger partial charge in [-0.1, -0.05) is 18.2 Å². The van der Waals surface area contributed by atoms with Crippen LogP contribution in [0.25, 0.3) is 10.9 Å². The van der Waals surface area contributed by atoms with E-state index in [4.69, 9.17) is 14.1 Å². The Morgan fingerprint density at radius 3 is 2.79 bits per heavy atom. The Morgan fingerprint density at radius 1 is 1.07 bits per heavy atom. The van der Waals surface area contributed by atoms with Gasteiger partial charge in [0.2, 0.25) is 0 Å². The SMILES string of the molecule is c1coc(CCNC(=NCC2CCCCO2)NCCc2c[nH]c3ccccc23)c1. The molecule has 1 saturated heterocycles. The summed E-state index contributed by atoms with van der Waals surface area (Å²) in [7, 11) is 0. The Morgan fingerprint density at radius 2 is 1.97 bits per heavy atom. The number of furan rings is 1. The molecule has 0 bridgehead atoms. The number of nitrogens with zero attached hydrogens (tertiary/aromatic N) is 1. The Bertz CT molecular complexity index is 895. The maximum Gasteiger partial charge on any atom is 0.191 e. The molecule has 6 heteroatoms. The predicted octanol–water partition coefficient (Wildman–Crippen LogP) is 3.65. The van der Waals surface area contributed by atoms with E-state index < -0.39 is 0 Å². The third kappa shape index (κ3) is 5.64. The average Bonchev–Trinajstić information content (AvgIpc) is 3.43. The molecule has 0 spiro atoms. The highest BCUT2D eigenvalue weighted by Crippen LogP contribution is 2.17. The number of fused-ring (bicyclic) bond motifs is 1. The van der Waals surface area contributed by atoms with Gasteiger partial charge in [0.05, 0.1) is 18.9 Å². The fraction of sp³-hybridized carbons (Fsp3) is 0.435. The van der Waals surface area contributed by atoms with Crippen LogP contribution in [0.1, 0.15) is 30.6 Å². The molecule has 0 saturated carbocycles. The quantitative estimate of drug-likeness (QED) is 0.403. The van der Waals surface area contributed by atoms with Crippen molar-refractivity contribution in [1.29, 1.82) is 0 Å². The Kier molecular flexibility index (Phi) is 6.86. The molecular formula is C23H30N4O2. The minimum Gasteiger partial charge on any atom is -0.469 e. The molecule has 3 aromatic rings. The highest BCUT2D eigenvalue weighted by atomic mass is 16.5. The van der Waals surface area contributed by atoms with Crippen LogP contribution in [0.15, 0.2) is 58.3 Å². The fourth-order valence-electron chi connectivity index (χ4n) is 3.73. The summed E-state index contributed by atoms with van der Waals surface area (Å²) in [5.41, 5.74) is 2.50. The van der Waals surface area contributed by atoms with E-state index in [0.717, 1.165) is 57.1 Å². The highest BCUT2D eigenvalue weighted by Gasteiger charge is 2.13. The number of aliphatic imine (C=N–C) groups is 1. The van der Waals surface area contributed by atoms with Crippen molar-refractivity contribution in [2.75, 3.05) is 26.2 Å². The van der Waals surface area contributed by atoms with E-state index >= 15 is 0 Å². The third-order valence-electron chi connectivity index (χ3n) is 5.33. The van der Waals surface area contributed by atoms with Gasteiger partial charge in [0.15, 0.2) is 5.96 Å². The summed E-state index contributed by atoms with van der Waals surface area (Å²) in [4.78, 5) is 8.12. The van der Waals surface area contributed by atoms with Gasteiger partial charge in [-0.25, -0.2) is 0 Å². The van der Waals surface area contributed by atoms with Gasteiger partial charge >= 0.3 is 0 Å². The van der Waals surface area contributed by atoms with Crippen LogP contribution in [0, 0.1) is 0 Å². The Balaban J connectivity index is 1.31. The van der Waals surface area contributed by atoms with Gasteiger partial charge in [-0.2, -0.15) is 0 Å². The van der Waals surface area contributed by atoms with E-state index in [1.54, 1.807) is 6.26 Å². The summed E-state index contributed by atoms with van der Waals surface area (Å²) in [5, 5.41) is 8.20. The molecule has 0 amide bonds. The van der Waals surface area contributed by atoms with Gasteiger partial charge in [0.25, 0.3) is 0 Å². The number of nitrogens with one attached hydrogen (secondary N) is 3. The first-order chi connectivity index (χ1) is 14.4. The van der Waals surface area contributed by atoms with Crippen LogP contribution in [-0.2, 0) is 17.6 Å². The van der Waals surface area contributed by atoms with Gasteiger partial charge in [0, 0.05) is 43.2 Å². The average molecular weight is 395 g/mol. The molecule has 4 rings (SSSR count). The van der Waals surface area contributed by atoms with E-state index in [0.29, 0.717) is 6.54 Å². The van der Waals surface area contributed by atoms with Crippen molar-refractivity contribution in [2.24, 2.45) is 4.99 Å². The summed E-state index contributed by atoms with van der Waals surface area (Å²) >= 11 is 0. The summed E-state index contributed by atoms with van der Waals surface area (Å²) in [5.74, 6) is 1.82. The fourth-order valence-corrected chi connectivity index (χ4v) is 3.73. The monoisotopic (exact) mass is 394 g/mol. The number of ether oxygens (including phenoxy) is 1. The molecule has 2 aromatic heterocycles. The minimum atomic E-state index is 0.237. The lowest BCUT2D eigenvalue weighted by Gasteiger charge is -2.21. The zero-order valence-corrected chi connectivity index (χ0v) is 16.8. The molecular weight excluding hydrogens is 364 g/mol. The largest absolute Gasteiger partial charge is 0.469 e. The zero-order chi connectivity index (χ0) is 19.7. The van der Waals surface area contributed by atoms with E-state index in [1.165, 1.54) is 22.9 Å². The Labute approximate surface area is 171 Å². The molecule has 0 radical (unpaired) electrons. The molecule has 3 N–H and O–H groups in total. The molecule has 1 aliphatic rings. The van der Waals surface area contributed by atoms with Crippen LogP contribution in [0.3, 0.4) is 0 Å². The van der Waals surface area contributed by atoms with Gasteiger partial charge in [0.1, 0.15) is 5.76 Å². The number of rotatable bonds is 8. The van der Waals surface area contributed by atoms with E-state index in [1.807, 2.05) is 12.1 Å². The Hall–Kier alpha value is -2.73. The number of hydrogen-bond donors (Lipinski definition) is 3. The minimum absolute atomic E-state index is 0.237. The van der Waals surface area contributed by atoms with Crippen molar-refractivity contribution < 1.29 is 9.15 Å². The zero-order valence-electron chi connectivity index (χ0n) is 16.8. The van der Waals surface area contributed by atoms with Crippen molar-refractivity contribution >= 4 is 16.9 Å². The van der Waals surface area contributed by atoms with Crippen molar-refractivity contribution in [1.82, 2.24) is 15.6 Å². The van der Waals surface area contributed by atoms with Gasteiger partial charge < -0.3 is 24.8 Å². The van der Waals surface area contributed by atoms with Crippen molar-refractivity contribution in [3.63, 3.8) is 0 Å².